The third-order valence-corrected chi connectivity index (χ3v) is 6.58. The molecule has 1 aromatic rings. The molecule has 0 aliphatic rings. The van der Waals surface area contributed by atoms with E-state index in [1.807, 2.05) is 0 Å². The molecular formula is C11H17NO4S3. The number of aliphatic hydroxyl groups excluding tert-OH is 1. The first-order valence-corrected chi connectivity index (χ1v) is 9.29. The average Bonchev–Trinajstić information content (AvgIpc) is 2.92. The summed E-state index contributed by atoms with van der Waals surface area (Å²) in [6.45, 7) is 1.51. The molecule has 0 bridgehead atoms. The molecule has 0 radical (unpaired) electrons. The van der Waals surface area contributed by atoms with Crippen LogP contribution in [0.25, 0.3) is 0 Å². The number of nitrogens with zero attached hydrogens (tertiary/aromatic N) is 1. The number of thiophene rings is 1. The monoisotopic (exact) mass is 323 g/mol. The van der Waals surface area contributed by atoms with Crippen molar-refractivity contribution in [1.29, 1.82) is 0 Å². The number of sulfonamides is 1. The highest BCUT2D eigenvalue weighted by Gasteiger charge is 2.32. The molecule has 108 valence electrons. The predicted octanol–water partition coefficient (Wildman–Crippen LogP) is 1.40. The molecule has 0 spiro atoms. The van der Waals surface area contributed by atoms with E-state index in [0.717, 1.165) is 15.6 Å². The number of hydrogen-bond acceptors (Lipinski definition) is 6. The minimum Gasteiger partial charge on any atom is -0.396 e. The summed E-state index contributed by atoms with van der Waals surface area (Å²) in [5.41, 5.74) is 0. The lowest BCUT2D eigenvalue weighted by atomic mass is 10.4. The van der Waals surface area contributed by atoms with Crippen molar-refractivity contribution in [2.45, 2.75) is 22.8 Å². The van der Waals surface area contributed by atoms with E-state index in [9.17, 15) is 13.2 Å². The number of hydrogen-bond donors (Lipinski definition) is 1. The Labute approximate surface area is 121 Å². The fourth-order valence-corrected chi connectivity index (χ4v) is 4.38. The van der Waals surface area contributed by atoms with Gasteiger partial charge in [0.2, 0.25) is 5.91 Å². The van der Waals surface area contributed by atoms with Gasteiger partial charge in [0.25, 0.3) is 10.0 Å². The Morgan fingerprint density at radius 2 is 2.26 bits per heavy atom. The Kier molecular flexibility index (Phi) is 6.31. The van der Waals surface area contributed by atoms with E-state index >= 15 is 0 Å². The van der Waals surface area contributed by atoms with E-state index in [2.05, 4.69) is 0 Å². The van der Waals surface area contributed by atoms with Crippen molar-refractivity contribution >= 4 is 39.0 Å². The Morgan fingerprint density at radius 3 is 2.74 bits per heavy atom. The first-order chi connectivity index (χ1) is 8.95. The predicted molar refractivity (Wildman–Crippen MR) is 77.9 cm³/mol. The molecule has 0 saturated carbocycles. The molecule has 0 saturated heterocycles. The number of thioether (sulfide) groups is 1. The highest BCUT2D eigenvalue weighted by atomic mass is 32.2. The molecule has 1 unspecified atom stereocenters. The van der Waals surface area contributed by atoms with Crippen LogP contribution in [0.3, 0.4) is 0 Å². The van der Waals surface area contributed by atoms with E-state index in [1.54, 1.807) is 24.6 Å². The normalized spacial score (nSPS) is 13.2. The van der Waals surface area contributed by atoms with E-state index in [-0.39, 0.29) is 23.8 Å². The zero-order valence-corrected chi connectivity index (χ0v) is 13.2. The van der Waals surface area contributed by atoms with Gasteiger partial charge in [-0.1, -0.05) is 6.07 Å². The third kappa shape index (κ3) is 3.95. The van der Waals surface area contributed by atoms with Crippen LogP contribution in [-0.2, 0) is 14.8 Å². The molecular weight excluding hydrogens is 306 g/mol. The van der Waals surface area contributed by atoms with Crippen LogP contribution in [-0.4, -0.2) is 48.4 Å². The molecule has 19 heavy (non-hydrogen) atoms. The topological polar surface area (TPSA) is 74.7 Å². The highest BCUT2D eigenvalue weighted by Crippen LogP contribution is 2.23. The van der Waals surface area contributed by atoms with E-state index in [1.165, 1.54) is 17.8 Å². The zero-order chi connectivity index (χ0) is 14.5. The van der Waals surface area contributed by atoms with Gasteiger partial charge in [-0.15, -0.1) is 11.3 Å². The maximum absolute atomic E-state index is 12.4. The number of amides is 1. The average molecular weight is 323 g/mol. The highest BCUT2D eigenvalue weighted by molar-refractivity contribution is 8.00. The van der Waals surface area contributed by atoms with Crippen molar-refractivity contribution in [1.82, 2.24) is 4.31 Å². The van der Waals surface area contributed by atoms with Crippen molar-refractivity contribution in [3.63, 3.8) is 0 Å². The number of aliphatic hydroxyl groups is 1. The van der Waals surface area contributed by atoms with Crippen LogP contribution in [0.2, 0.25) is 0 Å². The maximum atomic E-state index is 12.4. The van der Waals surface area contributed by atoms with Gasteiger partial charge in [0.15, 0.2) is 0 Å². The minimum atomic E-state index is -3.81. The molecule has 8 heteroatoms. The molecule has 0 aliphatic heterocycles. The van der Waals surface area contributed by atoms with Gasteiger partial charge in [0, 0.05) is 13.2 Å². The van der Waals surface area contributed by atoms with Crippen molar-refractivity contribution in [2.24, 2.45) is 0 Å². The van der Waals surface area contributed by atoms with Gasteiger partial charge in [-0.05, 0) is 31.0 Å². The lowest BCUT2D eigenvalue weighted by Crippen LogP contribution is -2.41. The second-order valence-corrected chi connectivity index (χ2v) is 8.02. The fourth-order valence-electron chi connectivity index (χ4n) is 1.39. The van der Waals surface area contributed by atoms with Crippen LogP contribution >= 0.6 is 23.1 Å². The van der Waals surface area contributed by atoms with Gasteiger partial charge >= 0.3 is 0 Å². The summed E-state index contributed by atoms with van der Waals surface area (Å²) >= 11 is 2.37. The Bertz CT molecular complexity index is 498. The molecule has 1 amide bonds. The summed E-state index contributed by atoms with van der Waals surface area (Å²) in [6.07, 6.45) is 1.99. The Hall–Kier alpha value is -0.570. The van der Waals surface area contributed by atoms with Gasteiger partial charge < -0.3 is 5.11 Å². The summed E-state index contributed by atoms with van der Waals surface area (Å²) in [7, 11) is -3.81. The van der Waals surface area contributed by atoms with Gasteiger partial charge in [-0.25, -0.2) is 12.7 Å². The Morgan fingerprint density at radius 1 is 1.58 bits per heavy atom. The first kappa shape index (κ1) is 16.5. The van der Waals surface area contributed by atoms with Crippen molar-refractivity contribution in [2.75, 3.05) is 19.4 Å². The molecule has 1 heterocycles. The number of carbonyl (C=O) groups excluding carboxylic acids is 1. The fraction of sp³-hybridized carbons (Fsp3) is 0.545. The van der Waals surface area contributed by atoms with Crippen molar-refractivity contribution in [3.05, 3.63) is 17.5 Å². The molecule has 1 rings (SSSR count). The third-order valence-electron chi connectivity index (χ3n) is 2.51. The van der Waals surface area contributed by atoms with E-state index < -0.39 is 21.2 Å². The summed E-state index contributed by atoms with van der Waals surface area (Å²) < 4.78 is 25.8. The molecule has 0 aromatic carbocycles. The maximum Gasteiger partial charge on any atom is 0.276 e. The lowest BCUT2D eigenvalue weighted by Gasteiger charge is -2.23. The first-order valence-electron chi connectivity index (χ1n) is 5.69. The summed E-state index contributed by atoms with van der Waals surface area (Å²) in [5, 5.41) is 10.1. The van der Waals surface area contributed by atoms with Crippen LogP contribution in [0, 0.1) is 0 Å². The number of rotatable bonds is 7. The van der Waals surface area contributed by atoms with Gasteiger partial charge in [-0.2, -0.15) is 11.8 Å². The van der Waals surface area contributed by atoms with Crippen LogP contribution in [0.1, 0.15) is 13.3 Å². The van der Waals surface area contributed by atoms with E-state index in [4.69, 9.17) is 5.11 Å². The smallest absolute Gasteiger partial charge is 0.276 e. The zero-order valence-electron chi connectivity index (χ0n) is 10.8. The summed E-state index contributed by atoms with van der Waals surface area (Å²) in [6, 6.07) is 3.10. The molecule has 5 nitrogen and oxygen atoms in total. The number of carbonyl (C=O) groups is 1. The standard InChI is InChI=1S/C11H17NO4S3/c1-9(17-2)11(14)12(6-4-7-13)19(15,16)10-5-3-8-18-10/h3,5,8-9,13H,4,6-7H2,1-2H3. The second-order valence-electron chi connectivity index (χ2n) is 3.80. The molecule has 1 N–H and O–H groups in total. The second kappa shape index (κ2) is 7.28. The SMILES string of the molecule is CSC(C)C(=O)N(CCCO)S(=O)(=O)c1cccs1. The van der Waals surface area contributed by atoms with Gasteiger partial charge in [0.1, 0.15) is 4.21 Å². The van der Waals surface area contributed by atoms with Crippen LogP contribution in [0.4, 0.5) is 0 Å². The summed E-state index contributed by atoms with van der Waals surface area (Å²) in [4.78, 5) is 12.2. The van der Waals surface area contributed by atoms with E-state index in [0.29, 0.717) is 0 Å². The molecule has 1 aromatic heterocycles. The Balaban J connectivity index is 3.06. The molecule has 1 atom stereocenters. The van der Waals surface area contributed by atoms with Crippen LogP contribution < -0.4 is 0 Å². The van der Waals surface area contributed by atoms with Crippen LogP contribution in [0.15, 0.2) is 21.7 Å². The quantitative estimate of drug-likeness (QED) is 0.821. The minimum absolute atomic E-state index is 0.000463. The lowest BCUT2D eigenvalue weighted by molar-refractivity contribution is -0.125. The summed E-state index contributed by atoms with van der Waals surface area (Å²) in [5.74, 6) is -0.450. The van der Waals surface area contributed by atoms with Gasteiger partial charge in [0.05, 0.1) is 5.25 Å². The molecule has 0 aliphatic carbocycles. The molecule has 0 fully saturated rings. The van der Waals surface area contributed by atoms with Crippen molar-refractivity contribution < 1.29 is 18.3 Å². The largest absolute Gasteiger partial charge is 0.396 e. The van der Waals surface area contributed by atoms with Crippen LogP contribution in [0.5, 0.6) is 0 Å². The van der Waals surface area contributed by atoms with Gasteiger partial charge in [-0.3, -0.25) is 4.79 Å². The van der Waals surface area contributed by atoms with Crippen molar-refractivity contribution in [3.8, 4) is 0 Å².